The maximum absolute atomic E-state index is 6.12. The van der Waals surface area contributed by atoms with Crippen LogP contribution in [0.4, 0.5) is 5.95 Å². The molecular weight excluding hydrogens is 250 g/mol. The van der Waals surface area contributed by atoms with Gasteiger partial charge in [0, 0.05) is 19.8 Å². The summed E-state index contributed by atoms with van der Waals surface area (Å²) in [6.45, 7) is 2.63. The van der Waals surface area contributed by atoms with Crippen LogP contribution < -0.4 is 5.73 Å². The molecule has 96 valence electrons. The first-order chi connectivity index (χ1) is 8.75. The minimum atomic E-state index is 0.539. The van der Waals surface area contributed by atoms with E-state index in [0.29, 0.717) is 16.9 Å². The molecule has 1 unspecified atom stereocenters. The second-order valence-electron chi connectivity index (χ2n) is 4.75. The van der Waals surface area contributed by atoms with Crippen LogP contribution in [-0.4, -0.2) is 22.8 Å². The van der Waals surface area contributed by atoms with Gasteiger partial charge in [-0.15, -0.1) is 0 Å². The van der Waals surface area contributed by atoms with E-state index >= 15 is 0 Å². The highest BCUT2D eigenvalue weighted by atomic mass is 35.5. The van der Waals surface area contributed by atoms with Crippen molar-refractivity contribution in [2.45, 2.75) is 19.4 Å². The number of aryl methyl sites for hydroxylation is 1. The lowest BCUT2D eigenvalue weighted by Gasteiger charge is -2.10. The molecule has 1 aliphatic rings. The van der Waals surface area contributed by atoms with Crippen molar-refractivity contribution in [3.8, 4) is 0 Å². The van der Waals surface area contributed by atoms with Crippen molar-refractivity contribution in [1.82, 2.24) is 9.55 Å². The average molecular weight is 266 g/mol. The van der Waals surface area contributed by atoms with Crippen LogP contribution in [0.2, 0.25) is 5.02 Å². The Morgan fingerprint density at radius 3 is 3.17 bits per heavy atom. The lowest BCUT2D eigenvalue weighted by molar-refractivity contribution is 0.183. The molecule has 0 bridgehead atoms. The maximum atomic E-state index is 6.12. The predicted molar refractivity (Wildman–Crippen MR) is 72.7 cm³/mol. The van der Waals surface area contributed by atoms with E-state index in [-0.39, 0.29) is 0 Å². The molecule has 2 heterocycles. The molecule has 1 saturated heterocycles. The fraction of sp³-hybridized carbons (Fsp3) is 0.462. The average Bonchev–Trinajstić information content (AvgIpc) is 2.95. The Balaban J connectivity index is 1.86. The van der Waals surface area contributed by atoms with Crippen molar-refractivity contribution in [2.75, 3.05) is 18.9 Å². The first kappa shape index (κ1) is 11.8. The van der Waals surface area contributed by atoms with Crippen molar-refractivity contribution in [2.24, 2.45) is 5.92 Å². The third-order valence-electron chi connectivity index (χ3n) is 3.54. The summed E-state index contributed by atoms with van der Waals surface area (Å²) in [5, 5.41) is 0.655. The summed E-state index contributed by atoms with van der Waals surface area (Å²) >= 11 is 6.12. The Kier molecular flexibility index (Phi) is 3.14. The molecule has 0 amide bonds. The summed E-state index contributed by atoms with van der Waals surface area (Å²) in [6.07, 6.45) is 2.22. The van der Waals surface area contributed by atoms with E-state index in [1.807, 2.05) is 22.8 Å². The number of anilines is 1. The van der Waals surface area contributed by atoms with Crippen molar-refractivity contribution in [1.29, 1.82) is 0 Å². The number of nitrogens with zero attached hydrogens (tertiary/aromatic N) is 2. The fourth-order valence-corrected chi connectivity index (χ4v) is 2.70. The molecule has 1 fully saturated rings. The minimum Gasteiger partial charge on any atom is -0.381 e. The summed E-state index contributed by atoms with van der Waals surface area (Å²) in [6, 6.07) is 5.78. The molecule has 1 aliphatic heterocycles. The number of aromatic nitrogens is 2. The number of ether oxygens (including phenoxy) is 1. The molecule has 2 N–H and O–H groups in total. The number of halogens is 1. The Labute approximate surface area is 111 Å². The van der Waals surface area contributed by atoms with Gasteiger partial charge in [0.2, 0.25) is 5.95 Å². The van der Waals surface area contributed by atoms with Gasteiger partial charge in [0.1, 0.15) is 5.52 Å². The van der Waals surface area contributed by atoms with Crippen molar-refractivity contribution >= 4 is 28.6 Å². The van der Waals surface area contributed by atoms with Gasteiger partial charge in [-0.05, 0) is 30.9 Å². The van der Waals surface area contributed by atoms with Crippen molar-refractivity contribution < 1.29 is 4.74 Å². The smallest absolute Gasteiger partial charge is 0.201 e. The van der Waals surface area contributed by atoms with Crippen molar-refractivity contribution in [3.63, 3.8) is 0 Å². The Morgan fingerprint density at radius 2 is 2.39 bits per heavy atom. The number of nitrogen functional groups attached to an aromatic ring is 1. The number of hydrogen-bond donors (Lipinski definition) is 1. The topological polar surface area (TPSA) is 53.1 Å². The number of para-hydroxylation sites is 1. The SMILES string of the molecule is Nc1nc2c(Cl)cccc2n1CCC1CCOC1. The van der Waals surface area contributed by atoms with Crippen LogP contribution in [-0.2, 0) is 11.3 Å². The van der Waals surface area contributed by atoms with Crippen LogP contribution in [0.3, 0.4) is 0 Å². The standard InChI is InChI=1S/C13H16ClN3O/c14-10-2-1-3-11-12(10)16-13(15)17(11)6-4-9-5-7-18-8-9/h1-3,9H,4-8H2,(H2,15,16). The molecule has 1 aromatic carbocycles. The number of rotatable bonds is 3. The van der Waals surface area contributed by atoms with E-state index in [1.54, 1.807) is 0 Å². The first-order valence-electron chi connectivity index (χ1n) is 6.23. The zero-order valence-electron chi connectivity index (χ0n) is 10.1. The normalized spacial score (nSPS) is 19.7. The molecule has 2 aromatic rings. The second-order valence-corrected chi connectivity index (χ2v) is 5.15. The van der Waals surface area contributed by atoms with E-state index in [9.17, 15) is 0 Å². The van der Waals surface area contributed by atoms with Gasteiger partial charge in [-0.2, -0.15) is 0 Å². The number of nitrogens with two attached hydrogens (primary N) is 1. The molecule has 1 aromatic heterocycles. The molecular formula is C13H16ClN3O. The lowest BCUT2D eigenvalue weighted by atomic mass is 10.1. The van der Waals surface area contributed by atoms with Gasteiger partial charge in [-0.3, -0.25) is 0 Å². The number of benzene rings is 1. The van der Waals surface area contributed by atoms with Gasteiger partial charge in [0.15, 0.2) is 0 Å². The third kappa shape index (κ3) is 2.06. The lowest BCUT2D eigenvalue weighted by Crippen LogP contribution is -2.08. The Morgan fingerprint density at radius 1 is 1.50 bits per heavy atom. The molecule has 18 heavy (non-hydrogen) atoms. The van der Waals surface area contributed by atoms with Gasteiger partial charge in [-0.1, -0.05) is 17.7 Å². The molecule has 0 aliphatic carbocycles. The summed E-state index contributed by atoms with van der Waals surface area (Å²) in [5.74, 6) is 1.18. The zero-order chi connectivity index (χ0) is 12.5. The Hall–Kier alpha value is -1.26. The highest BCUT2D eigenvalue weighted by Gasteiger charge is 2.17. The van der Waals surface area contributed by atoms with E-state index in [2.05, 4.69) is 4.98 Å². The van der Waals surface area contributed by atoms with Gasteiger partial charge in [0.25, 0.3) is 0 Å². The molecule has 0 saturated carbocycles. The van der Waals surface area contributed by atoms with Gasteiger partial charge in [0.05, 0.1) is 10.5 Å². The van der Waals surface area contributed by atoms with Crippen LogP contribution >= 0.6 is 11.6 Å². The van der Waals surface area contributed by atoms with Gasteiger partial charge in [-0.25, -0.2) is 4.98 Å². The highest BCUT2D eigenvalue weighted by Crippen LogP contribution is 2.26. The molecule has 3 rings (SSSR count). The van der Waals surface area contributed by atoms with Gasteiger partial charge >= 0.3 is 0 Å². The molecule has 4 nitrogen and oxygen atoms in total. The summed E-state index contributed by atoms with van der Waals surface area (Å²) in [7, 11) is 0. The second kappa shape index (κ2) is 4.78. The van der Waals surface area contributed by atoms with E-state index in [0.717, 1.165) is 43.6 Å². The first-order valence-corrected chi connectivity index (χ1v) is 6.61. The van der Waals surface area contributed by atoms with Gasteiger partial charge < -0.3 is 15.0 Å². The molecule has 1 atom stereocenters. The van der Waals surface area contributed by atoms with Crippen LogP contribution in [0.5, 0.6) is 0 Å². The third-order valence-corrected chi connectivity index (χ3v) is 3.85. The zero-order valence-corrected chi connectivity index (χ0v) is 10.9. The molecule has 0 spiro atoms. The van der Waals surface area contributed by atoms with Crippen molar-refractivity contribution in [3.05, 3.63) is 23.2 Å². The number of fused-ring (bicyclic) bond motifs is 1. The Bertz CT molecular complexity index is 561. The minimum absolute atomic E-state index is 0.539. The largest absolute Gasteiger partial charge is 0.381 e. The number of hydrogen-bond acceptors (Lipinski definition) is 3. The highest BCUT2D eigenvalue weighted by molar-refractivity contribution is 6.35. The monoisotopic (exact) mass is 265 g/mol. The van der Waals surface area contributed by atoms with E-state index < -0.39 is 0 Å². The summed E-state index contributed by atoms with van der Waals surface area (Å²) in [5.41, 5.74) is 7.77. The van der Waals surface area contributed by atoms with Crippen LogP contribution in [0.1, 0.15) is 12.8 Å². The maximum Gasteiger partial charge on any atom is 0.201 e. The summed E-state index contributed by atoms with van der Waals surface area (Å²) < 4.78 is 7.43. The van der Waals surface area contributed by atoms with E-state index in [4.69, 9.17) is 22.1 Å². The molecule has 0 radical (unpaired) electrons. The quantitative estimate of drug-likeness (QED) is 0.928. The van der Waals surface area contributed by atoms with Crippen LogP contribution in [0.15, 0.2) is 18.2 Å². The predicted octanol–water partition coefficient (Wildman–Crippen LogP) is 2.70. The number of imidazole rings is 1. The molecule has 5 heteroatoms. The summed E-state index contributed by atoms with van der Waals surface area (Å²) in [4.78, 5) is 4.34. The van der Waals surface area contributed by atoms with Crippen LogP contribution in [0.25, 0.3) is 11.0 Å². The van der Waals surface area contributed by atoms with E-state index in [1.165, 1.54) is 0 Å². The van der Waals surface area contributed by atoms with Crippen LogP contribution in [0, 0.1) is 5.92 Å². The fourth-order valence-electron chi connectivity index (χ4n) is 2.49.